The molecule has 33 heavy (non-hydrogen) atoms. The van der Waals surface area contributed by atoms with Gasteiger partial charge >= 0.3 is 5.97 Å². The molecule has 1 unspecified atom stereocenters. The number of nitrogens with zero attached hydrogens (tertiary/aromatic N) is 3. The van der Waals surface area contributed by atoms with Crippen LogP contribution in [0.4, 0.5) is 0 Å². The first-order valence-electron chi connectivity index (χ1n) is 12.3. The molecule has 7 nitrogen and oxygen atoms in total. The minimum Gasteiger partial charge on any atom is -0.480 e. The molecule has 2 saturated heterocycles. The summed E-state index contributed by atoms with van der Waals surface area (Å²) in [6.45, 7) is 3.34. The van der Waals surface area contributed by atoms with Gasteiger partial charge in [-0.15, -0.1) is 0 Å². The van der Waals surface area contributed by atoms with Crippen LogP contribution in [-0.2, 0) is 22.4 Å². The number of likely N-dealkylation sites (tertiary alicyclic amines) is 2. The van der Waals surface area contributed by atoms with E-state index in [0.29, 0.717) is 19.4 Å². The summed E-state index contributed by atoms with van der Waals surface area (Å²) >= 11 is 0. The Morgan fingerprint density at radius 2 is 2.03 bits per heavy atom. The average Bonchev–Trinajstić information content (AvgIpc) is 3.55. The number of aromatic nitrogens is 1. The monoisotopic (exact) mass is 450 g/mol. The van der Waals surface area contributed by atoms with E-state index in [2.05, 4.69) is 35.3 Å². The second kappa shape index (κ2) is 10.4. The molecule has 7 heteroatoms. The van der Waals surface area contributed by atoms with E-state index in [0.717, 1.165) is 62.6 Å². The molecule has 3 heterocycles. The number of nitrogens with one attached hydrogen (secondary N) is 1. The van der Waals surface area contributed by atoms with Gasteiger partial charge in [0.2, 0.25) is 5.91 Å². The van der Waals surface area contributed by atoms with Crippen molar-refractivity contribution in [2.45, 2.75) is 82.8 Å². The third-order valence-electron chi connectivity index (χ3n) is 7.33. The molecule has 2 aliphatic heterocycles. The average molecular weight is 451 g/mol. The molecule has 176 valence electrons. The lowest BCUT2D eigenvalue weighted by Crippen LogP contribution is -2.52. The molecule has 2 aliphatic rings. The van der Waals surface area contributed by atoms with Gasteiger partial charge in [0.1, 0.15) is 6.04 Å². The second-order valence-corrected chi connectivity index (χ2v) is 9.40. The number of aryl methyl sites for hydroxylation is 2. The lowest BCUT2D eigenvalue weighted by Gasteiger charge is -2.34. The number of nitriles is 1. The standard InChI is InChI=1S/C26H34N4O3/c1-2-23(26(32)33)30-15-5-8-24(30)25(31)29-14-4-7-21(29)12-11-20-17-19-10-9-18(6-3-13-27)16-22(19)28-20/h9-10,16-17,21,23-24,28H,2-8,11-12,14-15H2,1H3,(H,32,33)/t21-,23?,24+/m0/s1. The van der Waals surface area contributed by atoms with E-state index < -0.39 is 12.0 Å². The highest BCUT2D eigenvalue weighted by Gasteiger charge is 2.41. The van der Waals surface area contributed by atoms with E-state index in [1.807, 2.05) is 16.7 Å². The SMILES string of the molecule is CCC(C(=O)O)N1CCC[C@@H]1C(=O)N1CCC[C@H]1CCc1cc2ccc(CCC#N)cc2[nH]1. The maximum Gasteiger partial charge on any atom is 0.320 e. The number of aromatic amines is 1. The number of benzene rings is 1. The van der Waals surface area contributed by atoms with E-state index in [9.17, 15) is 14.7 Å². The third-order valence-corrected chi connectivity index (χ3v) is 7.33. The van der Waals surface area contributed by atoms with Gasteiger partial charge in [-0.25, -0.2) is 0 Å². The summed E-state index contributed by atoms with van der Waals surface area (Å²) in [7, 11) is 0. The largest absolute Gasteiger partial charge is 0.480 e. The third kappa shape index (κ3) is 5.06. The molecule has 2 N–H and O–H groups in total. The predicted octanol–water partition coefficient (Wildman–Crippen LogP) is 3.88. The van der Waals surface area contributed by atoms with Crippen molar-refractivity contribution in [3.8, 4) is 6.07 Å². The van der Waals surface area contributed by atoms with Crippen molar-refractivity contribution in [2.75, 3.05) is 13.1 Å². The molecule has 1 amide bonds. The van der Waals surface area contributed by atoms with Crippen LogP contribution in [0.1, 0.15) is 63.1 Å². The molecule has 4 rings (SSSR count). The number of H-pyrrole nitrogens is 1. The normalized spacial score (nSPS) is 22.0. The van der Waals surface area contributed by atoms with E-state index in [1.54, 1.807) is 0 Å². The Balaban J connectivity index is 1.40. The number of carbonyl (C=O) groups is 2. The molecule has 0 saturated carbocycles. The Hall–Kier alpha value is -2.85. The molecule has 2 fully saturated rings. The fourth-order valence-corrected chi connectivity index (χ4v) is 5.64. The lowest BCUT2D eigenvalue weighted by molar-refractivity contribution is -0.146. The summed E-state index contributed by atoms with van der Waals surface area (Å²) in [6, 6.07) is 10.0. The van der Waals surface area contributed by atoms with Crippen LogP contribution in [0.15, 0.2) is 24.3 Å². The molecule has 1 aromatic carbocycles. The fraction of sp³-hybridized carbons (Fsp3) is 0.577. The van der Waals surface area contributed by atoms with E-state index >= 15 is 0 Å². The highest BCUT2D eigenvalue weighted by atomic mass is 16.4. The lowest BCUT2D eigenvalue weighted by atomic mass is 10.1. The van der Waals surface area contributed by atoms with Crippen LogP contribution in [0.25, 0.3) is 10.9 Å². The number of amides is 1. The number of hydrogen-bond acceptors (Lipinski definition) is 4. The van der Waals surface area contributed by atoms with Crippen molar-refractivity contribution in [1.29, 1.82) is 5.26 Å². The number of carboxylic acids is 1. The van der Waals surface area contributed by atoms with Gasteiger partial charge in [-0.3, -0.25) is 14.5 Å². The Labute approximate surface area is 195 Å². The van der Waals surface area contributed by atoms with Crippen LogP contribution in [0.2, 0.25) is 0 Å². The number of carboxylic acid groups (broad SMARTS) is 1. The number of rotatable bonds is 9. The van der Waals surface area contributed by atoms with Crippen molar-refractivity contribution < 1.29 is 14.7 Å². The number of hydrogen-bond donors (Lipinski definition) is 2. The molecule has 1 aromatic heterocycles. The van der Waals surface area contributed by atoms with Gasteiger partial charge in [-0.2, -0.15) is 5.26 Å². The van der Waals surface area contributed by atoms with Crippen molar-refractivity contribution in [2.24, 2.45) is 0 Å². The van der Waals surface area contributed by atoms with Crippen LogP contribution in [-0.4, -0.2) is 63.0 Å². The van der Waals surface area contributed by atoms with Gasteiger partial charge < -0.3 is 15.0 Å². The Morgan fingerprint density at radius 1 is 1.21 bits per heavy atom. The van der Waals surface area contributed by atoms with Crippen molar-refractivity contribution >= 4 is 22.8 Å². The van der Waals surface area contributed by atoms with Crippen molar-refractivity contribution in [1.82, 2.24) is 14.8 Å². The van der Waals surface area contributed by atoms with Gasteiger partial charge in [-0.05, 0) is 81.0 Å². The first-order valence-corrected chi connectivity index (χ1v) is 12.3. The highest BCUT2D eigenvalue weighted by Crippen LogP contribution is 2.29. The van der Waals surface area contributed by atoms with Crippen molar-refractivity contribution in [3.63, 3.8) is 0 Å². The number of carbonyl (C=O) groups excluding carboxylic acids is 1. The summed E-state index contributed by atoms with van der Waals surface area (Å²) < 4.78 is 0. The maximum absolute atomic E-state index is 13.4. The quantitative estimate of drug-likeness (QED) is 0.604. The molecule has 3 atom stereocenters. The second-order valence-electron chi connectivity index (χ2n) is 9.40. The molecule has 2 aromatic rings. The van der Waals surface area contributed by atoms with Gasteiger partial charge in [0.25, 0.3) is 0 Å². The molecule has 0 spiro atoms. The number of fused-ring (bicyclic) bond motifs is 1. The van der Waals surface area contributed by atoms with Gasteiger partial charge in [0, 0.05) is 30.2 Å². The first-order chi connectivity index (χ1) is 16.0. The zero-order valence-electron chi connectivity index (χ0n) is 19.4. The summed E-state index contributed by atoms with van der Waals surface area (Å²) in [5.74, 6) is -0.710. The van der Waals surface area contributed by atoms with Crippen LogP contribution in [0, 0.1) is 11.3 Å². The summed E-state index contributed by atoms with van der Waals surface area (Å²) in [4.78, 5) is 32.6. The van der Waals surface area contributed by atoms with Crippen LogP contribution >= 0.6 is 0 Å². The Bertz CT molecular complexity index is 1040. The highest BCUT2D eigenvalue weighted by molar-refractivity contribution is 5.84. The smallest absolute Gasteiger partial charge is 0.320 e. The van der Waals surface area contributed by atoms with Crippen LogP contribution < -0.4 is 0 Å². The molecule has 0 radical (unpaired) electrons. The zero-order chi connectivity index (χ0) is 23.4. The van der Waals surface area contributed by atoms with Crippen molar-refractivity contribution in [3.05, 3.63) is 35.5 Å². The summed E-state index contributed by atoms with van der Waals surface area (Å²) in [5.41, 5.74) is 3.43. The Morgan fingerprint density at radius 3 is 2.79 bits per heavy atom. The van der Waals surface area contributed by atoms with Gasteiger partial charge in [0.15, 0.2) is 0 Å². The zero-order valence-corrected chi connectivity index (χ0v) is 19.4. The maximum atomic E-state index is 13.4. The minimum absolute atomic E-state index is 0.119. The predicted molar refractivity (Wildman–Crippen MR) is 127 cm³/mol. The molecule has 0 bridgehead atoms. The Kier molecular flexibility index (Phi) is 7.34. The molecular formula is C26H34N4O3. The first kappa shape index (κ1) is 23.3. The van der Waals surface area contributed by atoms with E-state index in [4.69, 9.17) is 5.26 Å². The van der Waals surface area contributed by atoms with Gasteiger partial charge in [0.05, 0.1) is 12.1 Å². The number of aliphatic carboxylic acids is 1. The molecular weight excluding hydrogens is 416 g/mol. The minimum atomic E-state index is -0.829. The van der Waals surface area contributed by atoms with Crippen LogP contribution in [0.5, 0.6) is 0 Å². The van der Waals surface area contributed by atoms with Gasteiger partial charge in [-0.1, -0.05) is 19.1 Å². The topological polar surface area (TPSA) is 100 Å². The van der Waals surface area contributed by atoms with E-state index in [1.165, 1.54) is 11.1 Å². The summed E-state index contributed by atoms with van der Waals surface area (Å²) in [6.07, 6.45) is 7.22. The fourth-order valence-electron chi connectivity index (χ4n) is 5.64. The van der Waals surface area contributed by atoms with Crippen LogP contribution in [0.3, 0.4) is 0 Å². The summed E-state index contributed by atoms with van der Waals surface area (Å²) in [5, 5.41) is 19.6. The van der Waals surface area contributed by atoms with E-state index in [-0.39, 0.29) is 18.0 Å². The molecule has 0 aliphatic carbocycles.